The average Bonchev–Trinajstić information content (AvgIpc) is 2.04. The molecule has 14 heavy (non-hydrogen) atoms. The first-order valence-corrected chi connectivity index (χ1v) is 5.06. The molecule has 2 N–H and O–H groups in total. The second kappa shape index (κ2) is 6.08. The molecule has 0 saturated carbocycles. The minimum absolute atomic E-state index is 0. The summed E-state index contributed by atoms with van der Waals surface area (Å²) in [5, 5.41) is 0. The van der Waals surface area contributed by atoms with Crippen molar-refractivity contribution < 1.29 is 18.9 Å². The standard InChI is InChI=1S/C8H9O4P.Li.H/c9-13(10,11)12-7-6-8-4-2-1-3-5-8;;/h1-7H,(H2,9,10,11);;. The number of rotatable bonds is 3. The van der Waals surface area contributed by atoms with E-state index < -0.39 is 7.82 Å². The SMILES string of the molecule is O=P(O)(O)OC=Cc1ccccc1.[LiH]. The second-order valence-electron chi connectivity index (χ2n) is 2.31. The van der Waals surface area contributed by atoms with Crippen molar-refractivity contribution in [2.45, 2.75) is 0 Å². The monoisotopic (exact) mass is 208 g/mol. The van der Waals surface area contributed by atoms with Crippen molar-refractivity contribution in [1.29, 1.82) is 0 Å². The molecule has 0 aliphatic heterocycles. The summed E-state index contributed by atoms with van der Waals surface area (Å²) >= 11 is 0. The van der Waals surface area contributed by atoms with Crippen LogP contribution in [0, 0.1) is 0 Å². The van der Waals surface area contributed by atoms with Gasteiger partial charge in [0, 0.05) is 0 Å². The summed E-state index contributed by atoms with van der Waals surface area (Å²) in [4.78, 5) is 16.7. The van der Waals surface area contributed by atoms with E-state index in [4.69, 9.17) is 9.79 Å². The number of hydrogen-bond donors (Lipinski definition) is 2. The Balaban J connectivity index is 0.00000169. The van der Waals surface area contributed by atoms with Gasteiger partial charge in [-0.15, -0.1) is 0 Å². The Morgan fingerprint density at radius 2 is 1.79 bits per heavy atom. The van der Waals surface area contributed by atoms with E-state index in [9.17, 15) is 4.57 Å². The van der Waals surface area contributed by atoms with Crippen molar-refractivity contribution in [3.05, 3.63) is 42.2 Å². The van der Waals surface area contributed by atoms with Crippen LogP contribution in [0.25, 0.3) is 6.08 Å². The van der Waals surface area contributed by atoms with E-state index in [1.807, 2.05) is 18.2 Å². The van der Waals surface area contributed by atoms with Crippen molar-refractivity contribution >= 4 is 32.8 Å². The van der Waals surface area contributed by atoms with Gasteiger partial charge in [-0.3, -0.25) is 9.79 Å². The fourth-order valence-corrected chi connectivity index (χ4v) is 0.972. The second-order valence-corrected chi connectivity index (χ2v) is 3.50. The molecule has 0 saturated heterocycles. The van der Waals surface area contributed by atoms with E-state index in [1.54, 1.807) is 12.1 Å². The zero-order valence-corrected chi connectivity index (χ0v) is 7.59. The number of benzene rings is 1. The topological polar surface area (TPSA) is 66.8 Å². The van der Waals surface area contributed by atoms with Gasteiger partial charge >= 0.3 is 26.7 Å². The van der Waals surface area contributed by atoms with Crippen LogP contribution >= 0.6 is 7.82 Å². The van der Waals surface area contributed by atoms with Crippen LogP contribution in [0.1, 0.15) is 5.56 Å². The molecular formula is C8H10LiO4P. The van der Waals surface area contributed by atoms with Gasteiger partial charge in [0.1, 0.15) is 0 Å². The molecule has 0 bridgehead atoms. The fourth-order valence-electron chi connectivity index (χ4n) is 0.752. The van der Waals surface area contributed by atoms with E-state index in [1.165, 1.54) is 6.08 Å². The first-order chi connectivity index (χ1) is 6.08. The summed E-state index contributed by atoms with van der Waals surface area (Å²) < 4.78 is 14.4. The van der Waals surface area contributed by atoms with Crippen LogP contribution in [-0.2, 0) is 9.09 Å². The first-order valence-electron chi connectivity index (χ1n) is 3.53. The quantitative estimate of drug-likeness (QED) is 0.443. The number of phosphoric ester groups is 1. The summed E-state index contributed by atoms with van der Waals surface area (Å²) in [6.45, 7) is 0. The van der Waals surface area contributed by atoms with Gasteiger partial charge in [-0.1, -0.05) is 30.3 Å². The molecule has 1 rings (SSSR count). The minimum atomic E-state index is -4.39. The zero-order chi connectivity index (χ0) is 9.73. The molecule has 72 valence electrons. The summed E-state index contributed by atoms with van der Waals surface area (Å²) in [5.41, 5.74) is 0.816. The molecule has 0 heterocycles. The molecular weight excluding hydrogens is 198 g/mol. The Morgan fingerprint density at radius 3 is 2.29 bits per heavy atom. The molecule has 6 heteroatoms. The fraction of sp³-hybridized carbons (Fsp3) is 0. The van der Waals surface area contributed by atoms with Gasteiger partial charge < -0.3 is 4.52 Å². The maximum absolute atomic E-state index is 10.2. The van der Waals surface area contributed by atoms with Gasteiger partial charge in [0.2, 0.25) is 0 Å². The van der Waals surface area contributed by atoms with Gasteiger partial charge in [-0.25, -0.2) is 4.57 Å². The van der Waals surface area contributed by atoms with Crippen molar-refractivity contribution in [3.63, 3.8) is 0 Å². The number of phosphoric acid groups is 1. The van der Waals surface area contributed by atoms with Gasteiger partial charge in [0.15, 0.2) is 0 Å². The van der Waals surface area contributed by atoms with Crippen LogP contribution in [0.2, 0.25) is 0 Å². The third-order valence-corrected chi connectivity index (χ3v) is 1.65. The molecule has 1 aromatic carbocycles. The number of hydrogen-bond acceptors (Lipinski definition) is 2. The molecule has 0 amide bonds. The predicted molar refractivity (Wildman–Crippen MR) is 55.8 cm³/mol. The van der Waals surface area contributed by atoms with E-state index in [2.05, 4.69) is 4.52 Å². The summed E-state index contributed by atoms with van der Waals surface area (Å²) in [5.74, 6) is 0. The Kier molecular flexibility index (Phi) is 5.86. The van der Waals surface area contributed by atoms with E-state index in [0.717, 1.165) is 11.8 Å². The van der Waals surface area contributed by atoms with Crippen LogP contribution in [0.15, 0.2) is 36.6 Å². The zero-order valence-electron chi connectivity index (χ0n) is 6.70. The van der Waals surface area contributed by atoms with E-state index in [-0.39, 0.29) is 18.9 Å². The predicted octanol–water partition coefficient (Wildman–Crippen LogP) is 1.12. The summed E-state index contributed by atoms with van der Waals surface area (Å²) in [7, 11) is -4.39. The Hall–Kier alpha value is -0.493. The van der Waals surface area contributed by atoms with Gasteiger partial charge in [0.25, 0.3) is 0 Å². The van der Waals surface area contributed by atoms with Crippen LogP contribution in [0.4, 0.5) is 0 Å². The molecule has 0 aromatic heterocycles. The Bertz CT molecular complexity index is 332. The van der Waals surface area contributed by atoms with Crippen molar-refractivity contribution in [2.75, 3.05) is 0 Å². The van der Waals surface area contributed by atoms with Crippen molar-refractivity contribution in [1.82, 2.24) is 0 Å². The Labute approximate surface area is 94.0 Å². The van der Waals surface area contributed by atoms with Crippen molar-refractivity contribution in [2.24, 2.45) is 0 Å². The van der Waals surface area contributed by atoms with Crippen LogP contribution in [-0.4, -0.2) is 28.6 Å². The average molecular weight is 208 g/mol. The third-order valence-electron chi connectivity index (χ3n) is 1.26. The molecule has 0 atom stereocenters. The third kappa shape index (κ3) is 6.04. The van der Waals surface area contributed by atoms with Gasteiger partial charge in [0.05, 0.1) is 6.26 Å². The molecule has 0 aliphatic carbocycles. The van der Waals surface area contributed by atoms with E-state index in [0.29, 0.717) is 0 Å². The molecule has 0 fully saturated rings. The van der Waals surface area contributed by atoms with Crippen LogP contribution in [0.3, 0.4) is 0 Å². The molecule has 0 aliphatic rings. The van der Waals surface area contributed by atoms with Crippen molar-refractivity contribution in [3.8, 4) is 0 Å². The Morgan fingerprint density at radius 1 is 1.21 bits per heavy atom. The van der Waals surface area contributed by atoms with Gasteiger partial charge in [-0.05, 0) is 11.6 Å². The normalized spacial score (nSPS) is 11.0. The van der Waals surface area contributed by atoms with E-state index >= 15 is 0 Å². The molecule has 4 nitrogen and oxygen atoms in total. The molecule has 1 aromatic rings. The van der Waals surface area contributed by atoms with Crippen LogP contribution < -0.4 is 0 Å². The maximum atomic E-state index is 10.2. The summed E-state index contributed by atoms with van der Waals surface area (Å²) in [6, 6.07) is 9.06. The molecule has 0 unspecified atom stereocenters. The molecule has 0 radical (unpaired) electrons. The first kappa shape index (κ1) is 13.5. The van der Waals surface area contributed by atoms with Crippen LogP contribution in [0.5, 0.6) is 0 Å². The van der Waals surface area contributed by atoms with Gasteiger partial charge in [-0.2, -0.15) is 0 Å². The summed E-state index contributed by atoms with van der Waals surface area (Å²) in [6.07, 6.45) is 2.45. The molecule has 0 spiro atoms.